The smallest absolute Gasteiger partial charge is 0.161 e. The Kier molecular flexibility index (Phi) is 2.59. The molecule has 2 aromatic rings. The number of hydrogen-bond acceptors (Lipinski definition) is 3. The number of fused-ring (bicyclic) bond motifs is 1. The summed E-state index contributed by atoms with van der Waals surface area (Å²) in [6.45, 7) is 3.24. The van der Waals surface area contributed by atoms with Gasteiger partial charge in [0.2, 0.25) is 0 Å². The van der Waals surface area contributed by atoms with Gasteiger partial charge in [-0.2, -0.15) is 0 Å². The van der Waals surface area contributed by atoms with Crippen molar-refractivity contribution in [1.82, 2.24) is 19.4 Å². The zero-order chi connectivity index (χ0) is 11.8. The van der Waals surface area contributed by atoms with Gasteiger partial charge in [-0.3, -0.25) is 9.47 Å². The number of aryl methyl sites for hydroxylation is 1. The Labute approximate surface area is 101 Å². The van der Waals surface area contributed by atoms with Crippen LogP contribution < -0.4 is 0 Å². The number of rotatable bonds is 1. The first-order chi connectivity index (χ1) is 8.27. The van der Waals surface area contributed by atoms with Gasteiger partial charge in [0.1, 0.15) is 11.3 Å². The maximum atomic E-state index is 4.60. The van der Waals surface area contributed by atoms with Gasteiger partial charge in [0.15, 0.2) is 5.65 Å². The average Bonchev–Trinajstić information content (AvgIpc) is 2.66. The van der Waals surface area contributed by atoms with Gasteiger partial charge >= 0.3 is 0 Å². The molecule has 1 aliphatic rings. The number of hydrogen-bond donors (Lipinski definition) is 0. The molecule has 1 atom stereocenters. The number of pyridine rings is 1. The lowest BCUT2D eigenvalue weighted by Crippen LogP contribution is -2.34. The molecule has 3 heterocycles. The Bertz CT molecular complexity index is 531. The third-order valence-corrected chi connectivity index (χ3v) is 3.66. The van der Waals surface area contributed by atoms with Crippen LogP contribution in [0.5, 0.6) is 0 Å². The van der Waals surface area contributed by atoms with E-state index in [1.165, 1.54) is 19.3 Å². The van der Waals surface area contributed by atoms with Crippen LogP contribution in [0.3, 0.4) is 0 Å². The number of aromatic nitrogens is 3. The van der Waals surface area contributed by atoms with Crippen molar-refractivity contribution in [3.05, 3.63) is 24.2 Å². The van der Waals surface area contributed by atoms with Crippen LogP contribution in [-0.2, 0) is 0 Å². The highest BCUT2D eigenvalue weighted by molar-refractivity contribution is 5.71. The van der Waals surface area contributed by atoms with Crippen LogP contribution in [0.15, 0.2) is 18.3 Å². The number of imidazole rings is 1. The highest BCUT2D eigenvalue weighted by Crippen LogP contribution is 2.28. The molecule has 0 radical (unpaired) electrons. The Balaban J connectivity index is 2.12. The summed E-state index contributed by atoms with van der Waals surface area (Å²) in [6.07, 6.45) is 6.05. The molecule has 1 fully saturated rings. The van der Waals surface area contributed by atoms with E-state index < -0.39 is 0 Å². The minimum Gasteiger partial charge on any atom is -0.296 e. The van der Waals surface area contributed by atoms with E-state index in [0.29, 0.717) is 6.17 Å². The minimum absolute atomic E-state index is 0.420. The molecule has 0 N–H and O–H groups in total. The molecule has 3 rings (SSSR count). The van der Waals surface area contributed by atoms with Gasteiger partial charge < -0.3 is 0 Å². The summed E-state index contributed by atoms with van der Waals surface area (Å²) in [5.41, 5.74) is 2.02. The third kappa shape index (κ3) is 1.72. The first kappa shape index (κ1) is 10.7. The summed E-state index contributed by atoms with van der Waals surface area (Å²) in [5.74, 6) is 1.07. The maximum absolute atomic E-state index is 4.60. The lowest BCUT2D eigenvalue weighted by Gasteiger charge is -2.34. The fourth-order valence-corrected chi connectivity index (χ4v) is 2.78. The molecular formula is C13H18N4. The summed E-state index contributed by atoms with van der Waals surface area (Å²) in [6, 6.07) is 3.98. The predicted molar refractivity (Wildman–Crippen MR) is 67.8 cm³/mol. The van der Waals surface area contributed by atoms with E-state index in [2.05, 4.69) is 33.4 Å². The zero-order valence-corrected chi connectivity index (χ0v) is 10.4. The van der Waals surface area contributed by atoms with Gasteiger partial charge in [-0.05, 0) is 51.9 Å². The van der Waals surface area contributed by atoms with Crippen molar-refractivity contribution in [3.8, 4) is 0 Å². The van der Waals surface area contributed by atoms with Gasteiger partial charge in [0, 0.05) is 6.20 Å². The maximum Gasteiger partial charge on any atom is 0.161 e. The highest BCUT2D eigenvalue weighted by atomic mass is 15.3. The van der Waals surface area contributed by atoms with Crippen molar-refractivity contribution >= 4 is 11.2 Å². The van der Waals surface area contributed by atoms with E-state index in [1.54, 1.807) is 0 Å². The van der Waals surface area contributed by atoms with Crippen molar-refractivity contribution in [3.63, 3.8) is 0 Å². The molecule has 4 heteroatoms. The van der Waals surface area contributed by atoms with Crippen LogP contribution >= 0.6 is 0 Å². The van der Waals surface area contributed by atoms with Crippen LogP contribution in [0, 0.1) is 6.92 Å². The van der Waals surface area contributed by atoms with Crippen molar-refractivity contribution in [2.45, 2.75) is 32.4 Å². The predicted octanol–water partition coefficient (Wildman–Crippen LogP) is 2.35. The van der Waals surface area contributed by atoms with E-state index >= 15 is 0 Å². The normalized spacial score (nSPS) is 22.1. The fourth-order valence-electron chi connectivity index (χ4n) is 2.78. The topological polar surface area (TPSA) is 34.0 Å². The van der Waals surface area contributed by atoms with Crippen LogP contribution in [-0.4, -0.2) is 33.0 Å². The van der Waals surface area contributed by atoms with E-state index in [4.69, 9.17) is 0 Å². The van der Waals surface area contributed by atoms with Crippen molar-refractivity contribution in [2.75, 3.05) is 13.6 Å². The summed E-state index contributed by atoms with van der Waals surface area (Å²) in [5, 5.41) is 0. The molecule has 0 aliphatic carbocycles. The van der Waals surface area contributed by atoms with Crippen LogP contribution in [0.1, 0.15) is 31.3 Å². The van der Waals surface area contributed by atoms with E-state index in [0.717, 1.165) is 23.5 Å². The first-order valence-electron chi connectivity index (χ1n) is 6.27. The zero-order valence-electron chi connectivity index (χ0n) is 10.4. The SMILES string of the molecule is Cc1nc2cccnc2n1C1CCCCN1C. The van der Waals surface area contributed by atoms with Crippen molar-refractivity contribution in [2.24, 2.45) is 0 Å². The molecule has 17 heavy (non-hydrogen) atoms. The van der Waals surface area contributed by atoms with Gasteiger partial charge in [-0.15, -0.1) is 0 Å². The number of likely N-dealkylation sites (tertiary alicyclic amines) is 1. The molecule has 0 spiro atoms. The Hall–Kier alpha value is -1.42. The molecule has 2 aromatic heterocycles. The van der Waals surface area contributed by atoms with Crippen molar-refractivity contribution in [1.29, 1.82) is 0 Å². The third-order valence-electron chi connectivity index (χ3n) is 3.66. The summed E-state index contributed by atoms with van der Waals surface area (Å²) < 4.78 is 2.29. The Morgan fingerprint density at radius 2 is 2.24 bits per heavy atom. The Morgan fingerprint density at radius 3 is 3.06 bits per heavy atom. The molecule has 1 aliphatic heterocycles. The molecule has 0 saturated carbocycles. The van der Waals surface area contributed by atoms with E-state index in [1.807, 2.05) is 18.3 Å². The monoisotopic (exact) mass is 230 g/mol. The standard InChI is InChI=1S/C13H18N4/c1-10-15-11-6-5-8-14-13(11)17(10)12-7-3-4-9-16(12)2/h5-6,8,12H,3-4,7,9H2,1-2H3. The fraction of sp³-hybridized carbons (Fsp3) is 0.538. The first-order valence-corrected chi connectivity index (χ1v) is 6.27. The summed E-state index contributed by atoms with van der Waals surface area (Å²) >= 11 is 0. The van der Waals surface area contributed by atoms with Gasteiger partial charge in [0.05, 0.1) is 6.17 Å². The molecule has 0 bridgehead atoms. The molecule has 0 aromatic carbocycles. The molecule has 0 amide bonds. The second-order valence-electron chi connectivity index (χ2n) is 4.83. The second kappa shape index (κ2) is 4.11. The van der Waals surface area contributed by atoms with E-state index in [-0.39, 0.29) is 0 Å². The number of nitrogens with zero attached hydrogens (tertiary/aromatic N) is 4. The average molecular weight is 230 g/mol. The lowest BCUT2D eigenvalue weighted by atomic mass is 10.1. The highest BCUT2D eigenvalue weighted by Gasteiger charge is 2.24. The van der Waals surface area contributed by atoms with Gasteiger partial charge in [0.25, 0.3) is 0 Å². The van der Waals surface area contributed by atoms with Gasteiger partial charge in [-0.25, -0.2) is 9.97 Å². The van der Waals surface area contributed by atoms with Crippen LogP contribution in [0.4, 0.5) is 0 Å². The quantitative estimate of drug-likeness (QED) is 0.754. The molecule has 4 nitrogen and oxygen atoms in total. The molecule has 1 saturated heterocycles. The van der Waals surface area contributed by atoms with Crippen LogP contribution in [0.25, 0.3) is 11.2 Å². The summed E-state index contributed by atoms with van der Waals surface area (Å²) in [7, 11) is 2.19. The van der Waals surface area contributed by atoms with Crippen LogP contribution in [0.2, 0.25) is 0 Å². The Morgan fingerprint density at radius 1 is 1.35 bits per heavy atom. The molecule has 1 unspecified atom stereocenters. The largest absolute Gasteiger partial charge is 0.296 e. The van der Waals surface area contributed by atoms with Crippen molar-refractivity contribution < 1.29 is 0 Å². The molecule has 90 valence electrons. The lowest BCUT2D eigenvalue weighted by molar-refractivity contribution is 0.128. The minimum atomic E-state index is 0.420. The van der Waals surface area contributed by atoms with Gasteiger partial charge in [-0.1, -0.05) is 0 Å². The van der Waals surface area contributed by atoms with E-state index in [9.17, 15) is 0 Å². The number of piperidine rings is 1. The summed E-state index contributed by atoms with van der Waals surface area (Å²) in [4.78, 5) is 11.5. The molecular weight excluding hydrogens is 212 g/mol. The second-order valence-corrected chi connectivity index (χ2v) is 4.83.